The highest BCUT2D eigenvalue weighted by Gasteiger charge is 2.44. The molecule has 22 heavy (non-hydrogen) atoms. The van der Waals surface area contributed by atoms with Gasteiger partial charge in [-0.15, -0.1) is 5.10 Å². The molecule has 1 aromatic rings. The van der Waals surface area contributed by atoms with Crippen molar-refractivity contribution in [1.82, 2.24) is 15.1 Å². The van der Waals surface area contributed by atoms with Gasteiger partial charge in [0.25, 0.3) is 0 Å². The summed E-state index contributed by atoms with van der Waals surface area (Å²) in [5, 5.41) is 10.9. The number of hydrogen-bond acceptors (Lipinski definition) is 5. The van der Waals surface area contributed by atoms with E-state index in [0.29, 0.717) is 32.1 Å². The molecule has 7 nitrogen and oxygen atoms in total. The van der Waals surface area contributed by atoms with E-state index in [1.54, 1.807) is 4.90 Å². The van der Waals surface area contributed by atoms with Crippen LogP contribution in [-0.2, 0) is 9.47 Å². The summed E-state index contributed by atoms with van der Waals surface area (Å²) in [6.07, 6.45) is 0.817. The lowest BCUT2D eigenvalue weighted by Crippen LogP contribution is -2.57. The largest absolute Gasteiger partial charge is 0.378 e. The fraction of sp³-hybridized carbons (Fsp3) is 0.667. The number of urea groups is 1. The Labute approximate surface area is 130 Å². The van der Waals surface area contributed by atoms with Crippen LogP contribution in [0.15, 0.2) is 6.07 Å². The monoisotopic (exact) mass is 306 g/mol. The Hall–Kier alpha value is -1.73. The maximum Gasteiger partial charge on any atom is 0.323 e. The van der Waals surface area contributed by atoms with Gasteiger partial charge in [-0.2, -0.15) is 5.10 Å². The summed E-state index contributed by atoms with van der Waals surface area (Å²) in [7, 11) is 0. The molecular weight excluding hydrogens is 284 g/mol. The van der Waals surface area contributed by atoms with Crippen molar-refractivity contribution in [3.05, 3.63) is 17.3 Å². The van der Waals surface area contributed by atoms with Crippen LogP contribution in [0.5, 0.6) is 0 Å². The molecule has 7 heteroatoms. The van der Waals surface area contributed by atoms with Crippen molar-refractivity contribution in [2.24, 2.45) is 0 Å². The van der Waals surface area contributed by atoms with Crippen LogP contribution in [0.3, 0.4) is 0 Å². The van der Waals surface area contributed by atoms with E-state index in [0.717, 1.165) is 17.7 Å². The van der Waals surface area contributed by atoms with E-state index in [2.05, 4.69) is 15.5 Å². The van der Waals surface area contributed by atoms with Gasteiger partial charge >= 0.3 is 6.03 Å². The highest BCUT2D eigenvalue weighted by molar-refractivity contribution is 5.88. The molecule has 2 aliphatic heterocycles. The lowest BCUT2D eigenvalue weighted by molar-refractivity contribution is -0.136. The van der Waals surface area contributed by atoms with Crippen molar-refractivity contribution < 1.29 is 14.3 Å². The van der Waals surface area contributed by atoms with E-state index in [1.165, 1.54) is 0 Å². The summed E-state index contributed by atoms with van der Waals surface area (Å²) in [5.74, 6) is 0.476. The van der Waals surface area contributed by atoms with Gasteiger partial charge in [-0.25, -0.2) is 4.79 Å². The molecule has 0 radical (unpaired) electrons. The minimum absolute atomic E-state index is 0.00737. The lowest BCUT2D eigenvalue weighted by Gasteiger charge is -2.42. The zero-order chi connectivity index (χ0) is 15.7. The standard InChI is InChI=1S/C15H22N4O3/c1-10-6-13(18-17-12(10)3)16-14(20)19-7-11(2)22-15(8-19)4-5-21-9-15/h6,11H,4-5,7-9H2,1-3H3,(H,16,18,20). The molecule has 1 spiro atoms. The third kappa shape index (κ3) is 3.05. The highest BCUT2D eigenvalue weighted by Crippen LogP contribution is 2.30. The van der Waals surface area contributed by atoms with E-state index in [9.17, 15) is 4.79 Å². The molecule has 2 amide bonds. The number of rotatable bonds is 1. The lowest BCUT2D eigenvalue weighted by atomic mass is 9.99. The van der Waals surface area contributed by atoms with Gasteiger partial charge in [0, 0.05) is 19.6 Å². The number of morpholine rings is 1. The van der Waals surface area contributed by atoms with Crippen molar-refractivity contribution in [2.45, 2.75) is 38.9 Å². The van der Waals surface area contributed by atoms with Gasteiger partial charge in [-0.05, 0) is 32.4 Å². The van der Waals surface area contributed by atoms with Gasteiger partial charge in [0.05, 0.1) is 24.9 Å². The molecule has 2 atom stereocenters. The number of carbonyl (C=O) groups is 1. The van der Waals surface area contributed by atoms with Crippen molar-refractivity contribution in [2.75, 3.05) is 31.6 Å². The van der Waals surface area contributed by atoms with Crippen molar-refractivity contribution in [3.63, 3.8) is 0 Å². The van der Waals surface area contributed by atoms with Gasteiger partial charge in [-0.3, -0.25) is 5.32 Å². The third-order valence-corrected chi connectivity index (χ3v) is 4.23. The van der Waals surface area contributed by atoms with Crippen molar-refractivity contribution in [3.8, 4) is 0 Å². The first-order chi connectivity index (χ1) is 10.5. The van der Waals surface area contributed by atoms with Gasteiger partial charge in [0.2, 0.25) is 0 Å². The fourth-order valence-corrected chi connectivity index (χ4v) is 2.98. The molecule has 2 unspecified atom stereocenters. The van der Waals surface area contributed by atoms with E-state index in [4.69, 9.17) is 9.47 Å². The minimum Gasteiger partial charge on any atom is -0.378 e. The van der Waals surface area contributed by atoms with Crippen molar-refractivity contribution >= 4 is 11.8 Å². The smallest absolute Gasteiger partial charge is 0.323 e. The second-order valence-corrected chi connectivity index (χ2v) is 6.22. The van der Waals surface area contributed by atoms with Gasteiger partial charge in [-0.1, -0.05) is 0 Å². The van der Waals surface area contributed by atoms with Crippen LogP contribution in [0, 0.1) is 13.8 Å². The van der Waals surface area contributed by atoms with Crippen LogP contribution in [0.4, 0.5) is 10.6 Å². The van der Waals surface area contributed by atoms with E-state index < -0.39 is 0 Å². The number of aromatic nitrogens is 2. The zero-order valence-electron chi connectivity index (χ0n) is 13.3. The summed E-state index contributed by atoms with van der Waals surface area (Å²) in [4.78, 5) is 14.3. The van der Waals surface area contributed by atoms with E-state index in [-0.39, 0.29) is 17.7 Å². The van der Waals surface area contributed by atoms with Crippen LogP contribution in [0.25, 0.3) is 0 Å². The Kier molecular flexibility index (Phi) is 4.01. The number of nitrogens with zero attached hydrogens (tertiary/aromatic N) is 3. The van der Waals surface area contributed by atoms with Crippen LogP contribution in [-0.4, -0.2) is 59.1 Å². The average molecular weight is 306 g/mol. The van der Waals surface area contributed by atoms with Gasteiger partial charge < -0.3 is 14.4 Å². The molecule has 1 aromatic heterocycles. The molecule has 0 aliphatic carbocycles. The van der Waals surface area contributed by atoms with Crippen LogP contribution >= 0.6 is 0 Å². The van der Waals surface area contributed by atoms with E-state index in [1.807, 2.05) is 26.8 Å². The number of amides is 2. The number of anilines is 1. The van der Waals surface area contributed by atoms with Gasteiger partial charge in [0.15, 0.2) is 5.82 Å². The second-order valence-electron chi connectivity index (χ2n) is 6.22. The topological polar surface area (TPSA) is 76.6 Å². The highest BCUT2D eigenvalue weighted by atomic mass is 16.6. The van der Waals surface area contributed by atoms with Crippen LogP contribution < -0.4 is 5.32 Å². The predicted molar refractivity (Wildman–Crippen MR) is 80.8 cm³/mol. The first-order valence-electron chi connectivity index (χ1n) is 7.60. The molecule has 2 fully saturated rings. The number of ether oxygens (including phenoxy) is 2. The Morgan fingerprint density at radius 2 is 2.27 bits per heavy atom. The predicted octanol–water partition coefficient (Wildman–Crippen LogP) is 1.51. The minimum atomic E-state index is -0.357. The SMILES string of the molecule is Cc1cc(NC(=O)N2CC(C)OC3(CCOC3)C2)nnc1C. The molecule has 2 aliphatic rings. The normalized spacial score (nSPS) is 28.1. The van der Waals surface area contributed by atoms with E-state index >= 15 is 0 Å². The maximum atomic E-state index is 12.5. The average Bonchev–Trinajstić information content (AvgIpc) is 2.89. The summed E-state index contributed by atoms with van der Waals surface area (Å²) >= 11 is 0. The Morgan fingerprint density at radius 3 is 2.95 bits per heavy atom. The fourth-order valence-electron chi connectivity index (χ4n) is 2.98. The number of nitrogens with one attached hydrogen (secondary N) is 1. The molecule has 120 valence electrons. The van der Waals surface area contributed by atoms with Gasteiger partial charge in [0.1, 0.15) is 5.60 Å². The molecular formula is C15H22N4O3. The number of hydrogen-bond donors (Lipinski definition) is 1. The molecule has 0 bridgehead atoms. The summed E-state index contributed by atoms with van der Waals surface area (Å²) < 4.78 is 11.5. The number of aryl methyl sites for hydroxylation is 2. The molecule has 0 aromatic carbocycles. The van der Waals surface area contributed by atoms with Crippen LogP contribution in [0.2, 0.25) is 0 Å². The third-order valence-electron chi connectivity index (χ3n) is 4.23. The number of carbonyl (C=O) groups excluding carboxylic acids is 1. The Balaban J connectivity index is 1.69. The Bertz CT molecular complexity index is 572. The molecule has 2 saturated heterocycles. The van der Waals surface area contributed by atoms with Crippen molar-refractivity contribution in [1.29, 1.82) is 0 Å². The Morgan fingerprint density at radius 1 is 1.45 bits per heavy atom. The molecule has 1 N–H and O–H groups in total. The first kappa shape index (κ1) is 15.2. The summed E-state index contributed by atoms with van der Waals surface area (Å²) in [6.45, 7) is 8.15. The quantitative estimate of drug-likeness (QED) is 0.851. The zero-order valence-corrected chi connectivity index (χ0v) is 13.3. The first-order valence-corrected chi connectivity index (χ1v) is 7.60. The molecule has 3 rings (SSSR count). The summed E-state index contributed by atoms with van der Waals surface area (Å²) in [5.41, 5.74) is 1.51. The summed E-state index contributed by atoms with van der Waals surface area (Å²) in [6, 6.07) is 1.66. The molecule has 0 saturated carbocycles. The molecule has 3 heterocycles. The van der Waals surface area contributed by atoms with Crippen LogP contribution in [0.1, 0.15) is 24.6 Å². The maximum absolute atomic E-state index is 12.5. The second kappa shape index (κ2) is 5.81.